The minimum absolute atomic E-state index is 0.133. The van der Waals surface area contributed by atoms with Crippen molar-refractivity contribution in [2.24, 2.45) is 5.92 Å². The van der Waals surface area contributed by atoms with Crippen molar-refractivity contribution in [2.75, 3.05) is 18.0 Å². The first kappa shape index (κ1) is 9.25. The van der Waals surface area contributed by atoms with Crippen molar-refractivity contribution in [3.63, 3.8) is 0 Å². The molecule has 1 aromatic carbocycles. The minimum atomic E-state index is 0.133. The van der Waals surface area contributed by atoms with E-state index in [1.807, 2.05) is 24.3 Å². The molecular formula is C12H15NO. The van der Waals surface area contributed by atoms with E-state index in [1.54, 1.807) is 6.92 Å². The zero-order valence-corrected chi connectivity index (χ0v) is 8.66. The number of carbonyl (C=O) groups is 1. The van der Waals surface area contributed by atoms with Crippen LogP contribution in [0, 0.1) is 5.92 Å². The third-order valence-corrected chi connectivity index (χ3v) is 2.70. The van der Waals surface area contributed by atoms with E-state index in [0.29, 0.717) is 0 Å². The first-order valence-electron chi connectivity index (χ1n) is 5.03. The quantitative estimate of drug-likeness (QED) is 0.665. The number of hydrogen-bond donors (Lipinski definition) is 0. The van der Waals surface area contributed by atoms with Crippen LogP contribution in [-0.2, 0) is 0 Å². The van der Waals surface area contributed by atoms with Crippen LogP contribution in [0.5, 0.6) is 0 Å². The van der Waals surface area contributed by atoms with E-state index in [9.17, 15) is 4.79 Å². The maximum atomic E-state index is 11.0. The van der Waals surface area contributed by atoms with Crippen molar-refractivity contribution >= 4 is 11.5 Å². The van der Waals surface area contributed by atoms with E-state index in [2.05, 4.69) is 11.8 Å². The molecule has 1 saturated heterocycles. The molecule has 0 aromatic heterocycles. The topological polar surface area (TPSA) is 20.3 Å². The zero-order valence-electron chi connectivity index (χ0n) is 8.66. The molecule has 0 N–H and O–H groups in total. The highest BCUT2D eigenvalue weighted by molar-refractivity contribution is 5.94. The molecule has 0 saturated carbocycles. The van der Waals surface area contributed by atoms with E-state index in [4.69, 9.17) is 0 Å². The van der Waals surface area contributed by atoms with Crippen molar-refractivity contribution in [2.45, 2.75) is 13.8 Å². The summed E-state index contributed by atoms with van der Waals surface area (Å²) in [5.74, 6) is 0.941. The molecular weight excluding hydrogens is 174 g/mol. The van der Waals surface area contributed by atoms with Gasteiger partial charge in [0.25, 0.3) is 0 Å². The molecule has 1 fully saturated rings. The Labute approximate surface area is 84.5 Å². The maximum absolute atomic E-state index is 11.0. The van der Waals surface area contributed by atoms with Gasteiger partial charge in [-0.15, -0.1) is 0 Å². The van der Waals surface area contributed by atoms with Crippen molar-refractivity contribution < 1.29 is 4.79 Å². The second-order valence-corrected chi connectivity index (χ2v) is 4.11. The Morgan fingerprint density at radius 3 is 2.29 bits per heavy atom. The van der Waals surface area contributed by atoms with Crippen LogP contribution in [0.3, 0.4) is 0 Å². The van der Waals surface area contributed by atoms with Crippen molar-refractivity contribution in [1.82, 2.24) is 0 Å². The summed E-state index contributed by atoms with van der Waals surface area (Å²) >= 11 is 0. The lowest BCUT2D eigenvalue weighted by atomic mass is 10.0. The van der Waals surface area contributed by atoms with Gasteiger partial charge in [-0.05, 0) is 37.1 Å². The van der Waals surface area contributed by atoms with Gasteiger partial charge in [0, 0.05) is 24.3 Å². The van der Waals surface area contributed by atoms with E-state index < -0.39 is 0 Å². The Morgan fingerprint density at radius 2 is 1.86 bits per heavy atom. The second-order valence-electron chi connectivity index (χ2n) is 4.11. The Hall–Kier alpha value is -1.31. The molecule has 0 unspecified atom stereocenters. The molecule has 2 nitrogen and oxygen atoms in total. The second kappa shape index (κ2) is 3.45. The van der Waals surface area contributed by atoms with Crippen molar-refractivity contribution in [3.8, 4) is 0 Å². The van der Waals surface area contributed by atoms with Crippen LogP contribution in [0.25, 0.3) is 0 Å². The number of anilines is 1. The van der Waals surface area contributed by atoms with Gasteiger partial charge in [-0.2, -0.15) is 0 Å². The lowest BCUT2D eigenvalue weighted by Crippen LogP contribution is -2.45. The van der Waals surface area contributed by atoms with Gasteiger partial charge in [-0.3, -0.25) is 4.79 Å². The van der Waals surface area contributed by atoms with Gasteiger partial charge in [0.05, 0.1) is 0 Å². The number of Topliss-reactive ketones (excluding diaryl/α,β-unsaturated/α-hetero) is 1. The molecule has 2 heteroatoms. The molecule has 1 aromatic rings. The molecule has 14 heavy (non-hydrogen) atoms. The van der Waals surface area contributed by atoms with Gasteiger partial charge in [-0.25, -0.2) is 0 Å². The summed E-state index contributed by atoms with van der Waals surface area (Å²) in [6, 6.07) is 7.87. The summed E-state index contributed by atoms with van der Waals surface area (Å²) < 4.78 is 0. The monoisotopic (exact) mass is 189 g/mol. The lowest BCUT2D eigenvalue weighted by Gasteiger charge is -2.39. The summed E-state index contributed by atoms with van der Waals surface area (Å²) in [6.45, 7) is 6.12. The highest BCUT2D eigenvalue weighted by Gasteiger charge is 2.22. The molecule has 0 aliphatic carbocycles. The highest BCUT2D eigenvalue weighted by Crippen LogP contribution is 2.24. The number of hydrogen-bond acceptors (Lipinski definition) is 2. The van der Waals surface area contributed by atoms with Gasteiger partial charge >= 0.3 is 0 Å². The molecule has 0 bridgehead atoms. The Bertz CT molecular complexity index is 336. The minimum Gasteiger partial charge on any atom is -0.371 e. The summed E-state index contributed by atoms with van der Waals surface area (Å²) in [5, 5.41) is 0. The van der Waals surface area contributed by atoms with Crippen LogP contribution in [0.2, 0.25) is 0 Å². The van der Waals surface area contributed by atoms with Gasteiger partial charge in [0.15, 0.2) is 5.78 Å². The normalized spacial score (nSPS) is 16.6. The molecule has 2 rings (SSSR count). The first-order valence-corrected chi connectivity index (χ1v) is 5.03. The fraction of sp³-hybridized carbons (Fsp3) is 0.417. The average molecular weight is 189 g/mol. The number of ketones is 1. The molecule has 0 radical (unpaired) electrons. The summed E-state index contributed by atoms with van der Waals surface area (Å²) in [7, 11) is 0. The molecule has 0 amide bonds. The van der Waals surface area contributed by atoms with E-state index in [1.165, 1.54) is 5.69 Å². The zero-order chi connectivity index (χ0) is 10.1. The van der Waals surface area contributed by atoms with Gasteiger partial charge in [0.2, 0.25) is 0 Å². The first-order chi connectivity index (χ1) is 6.66. The molecule has 1 heterocycles. The number of benzene rings is 1. The van der Waals surface area contributed by atoms with Crippen LogP contribution in [0.1, 0.15) is 24.2 Å². The summed E-state index contributed by atoms with van der Waals surface area (Å²) in [6.07, 6.45) is 0. The smallest absolute Gasteiger partial charge is 0.159 e. The van der Waals surface area contributed by atoms with Crippen LogP contribution >= 0.6 is 0 Å². The van der Waals surface area contributed by atoms with Crippen LogP contribution in [0.4, 0.5) is 5.69 Å². The van der Waals surface area contributed by atoms with Gasteiger partial charge in [0.1, 0.15) is 0 Å². The van der Waals surface area contributed by atoms with Crippen molar-refractivity contribution in [3.05, 3.63) is 29.8 Å². The molecule has 1 aliphatic heterocycles. The lowest BCUT2D eigenvalue weighted by molar-refractivity contribution is 0.101. The van der Waals surface area contributed by atoms with Crippen LogP contribution in [0.15, 0.2) is 24.3 Å². The van der Waals surface area contributed by atoms with Gasteiger partial charge < -0.3 is 4.90 Å². The Balaban J connectivity index is 2.10. The number of rotatable bonds is 2. The van der Waals surface area contributed by atoms with Gasteiger partial charge in [-0.1, -0.05) is 6.92 Å². The number of nitrogens with zero attached hydrogens (tertiary/aromatic N) is 1. The van der Waals surface area contributed by atoms with E-state index in [0.717, 1.165) is 24.6 Å². The van der Waals surface area contributed by atoms with Crippen LogP contribution in [-0.4, -0.2) is 18.9 Å². The SMILES string of the molecule is CC(=O)c1ccc(N2CC(C)C2)cc1. The average Bonchev–Trinajstić information content (AvgIpc) is 2.13. The third-order valence-electron chi connectivity index (χ3n) is 2.70. The fourth-order valence-electron chi connectivity index (χ4n) is 1.82. The summed E-state index contributed by atoms with van der Waals surface area (Å²) in [5.41, 5.74) is 2.02. The summed E-state index contributed by atoms with van der Waals surface area (Å²) in [4.78, 5) is 13.4. The molecule has 1 aliphatic rings. The Morgan fingerprint density at radius 1 is 1.29 bits per heavy atom. The molecule has 0 spiro atoms. The number of carbonyl (C=O) groups excluding carboxylic acids is 1. The third kappa shape index (κ3) is 1.65. The predicted molar refractivity (Wildman–Crippen MR) is 57.8 cm³/mol. The predicted octanol–water partition coefficient (Wildman–Crippen LogP) is 2.35. The largest absolute Gasteiger partial charge is 0.371 e. The fourth-order valence-corrected chi connectivity index (χ4v) is 1.82. The van der Waals surface area contributed by atoms with Crippen LogP contribution < -0.4 is 4.90 Å². The standard InChI is InChI=1S/C12H15NO/c1-9-7-13(8-9)12-5-3-11(4-6-12)10(2)14/h3-6,9H,7-8H2,1-2H3. The molecule has 0 atom stereocenters. The van der Waals surface area contributed by atoms with Crippen molar-refractivity contribution in [1.29, 1.82) is 0 Å². The maximum Gasteiger partial charge on any atom is 0.159 e. The van der Waals surface area contributed by atoms with E-state index in [-0.39, 0.29) is 5.78 Å². The molecule has 74 valence electrons. The Kier molecular flexibility index (Phi) is 2.28. The highest BCUT2D eigenvalue weighted by atomic mass is 16.1. The van der Waals surface area contributed by atoms with E-state index >= 15 is 0 Å².